The van der Waals surface area contributed by atoms with Gasteiger partial charge in [0.2, 0.25) is 11.8 Å². The van der Waals surface area contributed by atoms with Gasteiger partial charge in [0.25, 0.3) is 17.7 Å². The van der Waals surface area contributed by atoms with E-state index in [2.05, 4.69) is 55.7 Å². The summed E-state index contributed by atoms with van der Waals surface area (Å²) < 4.78 is 12.3. The van der Waals surface area contributed by atoms with Gasteiger partial charge in [-0.3, -0.25) is 24.0 Å². The van der Waals surface area contributed by atoms with Crippen LogP contribution in [0.15, 0.2) is 128 Å². The number of nitrogens with two attached hydrogens (primary N) is 2. The van der Waals surface area contributed by atoms with Crippen LogP contribution in [0, 0.1) is 0 Å². The van der Waals surface area contributed by atoms with E-state index in [9.17, 15) is 38.4 Å². The molecule has 5 amide bonds. The summed E-state index contributed by atoms with van der Waals surface area (Å²) in [5, 5.41) is 35.1. The summed E-state index contributed by atoms with van der Waals surface area (Å²) in [5.74, 6) is -2.87. The number of carboxylic acids is 1. The van der Waals surface area contributed by atoms with E-state index >= 15 is 0 Å². The molecule has 13 N–H and O–H groups in total. The van der Waals surface area contributed by atoms with Crippen LogP contribution in [-0.2, 0) is 19.1 Å². The van der Waals surface area contributed by atoms with Crippen LogP contribution in [0.5, 0.6) is 0 Å². The number of hydrogen-bond donors (Lipinski definition) is 11. The molecule has 24 heteroatoms. The van der Waals surface area contributed by atoms with Crippen LogP contribution >= 0.6 is 34.0 Å². The Balaban J connectivity index is 0.000000167. The number of carboxylic acid groups (broad SMARTS) is 1. The van der Waals surface area contributed by atoms with Gasteiger partial charge in [-0.25, -0.2) is 14.4 Å². The summed E-state index contributed by atoms with van der Waals surface area (Å²) >= 11 is 4.09. The highest BCUT2D eigenvalue weighted by Crippen LogP contribution is 2.40. The fourth-order valence-electron chi connectivity index (χ4n) is 8.23. The lowest BCUT2D eigenvalue weighted by Crippen LogP contribution is -2.34. The molecule has 5 aromatic carbocycles. The Kier molecular flexibility index (Phi) is 20.4. The summed E-state index contributed by atoms with van der Waals surface area (Å²) in [6.45, 7) is 14.2. The number of carbonyl (C=O) groups is 8. The number of anilines is 7. The topological polar surface area (TPSA) is 324 Å². The number of methoxy groups -OCH3 is 2. The molecule has 5 heterocycles. The van der Waals surface area contributed by atoms with E-state index in [1.807, 2.05) is 26.8 Å². The normalized spacial score (nSPS) is 14.2. The van der Waals surface area contributed by atoms with Crippen molar-refractivity contribution < 1.29 is 52.9 Å². The van der Waals surface area contributed by atoms with Gasteiger partial charge < -0.3 is 68.6 Å². The van der Waals surface area contributed by atoms with Gasteiger partial charge in [-0.1, -0.05) is 25.3 Å². The van der Waals surface area contributed by atoms with Crippen molar-refractivity contribution in [1.82, 2.24) is 10.6 Å². The Hall–Kier alpha value is -9.62. The van der Waals surface area contributed by atoms with Crippen molar-refractivity contribution in [2.45, 2.75) is 38.9 Å². The molecule has 430 valence electrons. The first-order valence-corrected chi connectivity index (χ1v) is 28.0. The molecule has 0 saturated heterocycles. The highest BCUT2D eigenvalue weighted by atomic mass is 32.1. The number of rotatable bonds is 12. The molecule has 0 bridgehead atoms. The average Bonchev–Trinajstić information content (AvgIpc) is 4.21. The fraction of sp³-hybridized carbons (Fsp3) is 0.186. The summed E-state index contributed by atoms with van der Waals surface area (Å²) in [6, 6.07) is 29.3. The van der Waals surface area contributed by atoms with Crippen LogP contribution in [0.2, 0.25) is 0 Å². The Bertz CT molecular complexity index is 3830. The molecule has 21 nitrogen and oxygen atoms in total. The Morgan fingerprint density at radius 2 is 1.12 bits per heavy atom. The summed E-state index contributed by atoms with van der Waals surface area (Å²) in [7, 11) is 2.66. The predicted octanol–water partition coefficient (Wildman–Crippen LogP) is 9.59. The SMILES string of the molecule is C=CC(=O)Nc1cccc(N)c1.C=CC(=O)Nc1cccc(NC(=O)c2ccc3sc4c(c3c2)NC[C@@H](C)NC4=O)c1.COC(=O)c1ccc2sc(C(=O)OC)c(NC[C@@H](C)N)c2c1.C[C@@H]1CNc2c(sc3ccc(C(=O)O)cc23)C(=O)N1. The number of fused-ring (bicyclic) bond motifs is 7. The molecule has 8 aromatic rings. The minimum atomic E-state index is -0.965. The van der Waals surface area contributed by atoms with Gasteiger partial charge in [0.15, 0.2) is 0 Å². The smallest absolute Gasteiger partial charge is 0.350 e. The number of carbonyl (C=O) groups excluding carboxylic acids is 7. The average molecular weight is 1180 g/mol. The van der Waals surface area contributed by atoms with Gasteiger partial charge in [-0.15, -0.1) is 34.0 Å². The van der Waals surface area contributed by atoms with E-state index in [-0.39, 0.29) is 53.2 Å². The van der Waals surface area contributed by atoms with Crippen LogP contribution in [0.25, 0.3) is 30.3 Å². The molecule has 0 spiro atoms. The first-order chi connectivity index (χ1) is 39.7. The highest BCUT2D eigenvalue weighted by Gasteiger charge is 2.26. The minimum Gasteiger partial charge on any atom is -0.478 e. The van der Waals surface area contributed by atoms with Gasteiger partial charge in [-0.2, -0.15) is 0 Å². The van der Waals surface area contributed by atoms with E-state index in [4.69, 9.17) is 26.0 Å². The summed E-state index contributed by atoms with van der Waals surface area (Å²) in [6.07, 6.45) is 2.39. The number of hydrogen-bond acceptors (Lipinski definition) is 18. The molecule has 83 heavy (non-hydrogen) atoms. The minimum absolute atomic E-state index is 0.0208. The van der Waals surface area contributed by atoms with Crippen LogP contribution in [0.3, 0.4) is 0 Å². The zero-order valence-electron chi connectivity index (χ0n) is 45.6. The maximum atomic E-state index is 12.8. The van der Waals surface area contributed by atoms with Crippen molar-refractivity contribution in [2.75, 3.05) is 71.5 Å². The number of nitrogens with one attached hydrogen (secondary N) is 8. The maximum absolute atomic E-state index is 12.8. The quantitative estimate of drug-likeness (QED) is 0.0308. The Labute approximate surface area is 488 Å². The van der Waals surface area contributed by atoms with Gasteiger partial charge in [0.1, 0.15) is 14.6 Å². The molecule has 0 fully saturated rings. The second-order valence-corrected chi connectivity index (χ2v) is 21.9. The van der Waals surface area contributed by atoms with Crippen LogP contribution in [-0.4, -0.2) is 105 Å². The Morgan fingerprint density at radius 3 is 1.63 bits per heavy atom. The van der Waals surface area contributed by atoms with Crippen LogP contribution in [0.4, 0.5) is 39.8 Å². The molecule has 2 aliphatic rings. The van der Waals surface area contributed by atoms with Gasteiger partial charge in [0.05, 0.1) is 42.4 Å². The third kappa shape index (κ3) is 15.4. The van der Waals surface area contributed by atoms with Crippen molar-refractivity contribution in [1.29, 1.82) is 0 Å². The maximum Gasteiger partial charge on any atom is 0.350 e. The molecule has 0 aliphatic carbocycles. The number of benzene rings is 5. The third-order valence-corrected chi connectivity index (χ3v) is 15.7. The van der Waals surface area contributed by atoms with Crippen molar-refractivity contribution in [2.24, 2.45) is 5.73 Å². The van der Waals surface area contributed by atoms with Gasteiger partial charge in [-0.05, 0) is 124 Å². The lowest BCUT2D eigenvalue weighted by molar-refractivity contribution is -0.112. The van der Waals surface area contributed by atoms with Crippen molar-refractivity contribution in [3.05, 3.63) is 160 Å². The van der Waals surface area contributed by atoms with Crippen molar-refractivity contribution >= 4 is 152 Å². The second kappa shape index (κ2) is 27.7. The largest absolute Gasteiger partial charge is 0.478 e. The zero-order chi connectivity index (χ0) is 60.1. The molecular weight excluding hydrogens is 1120 g/mol. The molecule has 3 aromatic heterocycles. The predicted molar refractivity (Wildman–Crippen MR) is 331 cm³/mol. The second-order valence-electron chi connectivity index (χ2n) is 18.8. The van der Waals surface area contributed by atoms with E-state index in [1.165, 1.54) is 60.4 Å². The number of nitrogen functional groups attached to an aromatic ring is 1. The summed E-state index contributed by atoms with van der Waals surface area (Å²) in [5.41, 5.74) is 16.9. The highest BCUT2D eigenvalue weighted by molar-refractivity contribution is 7.22. The fourth-order valence-corrected chi connectivity index (χ4v) is 11.4. The standard InChI is InChI=1S/C22H20N4O3S.C15H18N2O4S.C13H12N2O3S.C9H10N2O/c1-3-18(27)25-14-5-4-6-15(10-14)26-21(28)13-7-8-17-16(9-13)19-20(30-17)22(29)24-12(2)11-23-19;1-8(16)7-17-12-10-6-9(14(18)20-2)4-5-11(10)22-13(12)15(19)21-3;1-6-5-14-10-8-4-7(13(17)18)2-3-9(8)19-11(10)12(16)15-6;1-2-9(12)11-8-5-3-4-7(10)6-8/h3-10,12,23H,1,11H2,2H3,(H,24,29)(H,25,27)(H,26,28);4-6,8,17H,7,16H2,1-3H3;2-4,6,14H,5H2,1H3,(H,15,16)(H,17,18);2-6H,1,10H2,(H,11,12)/t12-;8-;6-;/m111./s1. The number of esters is 2. The molecule has 0 saturated carbocycles. The Morgan fingerprint density at radius 1 is 0.651 bits per heavy atom. The number of ether oxygens (including phenoxy) is 2. The zero-order valence-corrected chi connectivity index (χ0v) is 48.1. The van der Waals surface area contributed by atoms with E-state index in [1.54, 1.807) is 97.1 Å². The lowest BCUT2D eigenvalue weighted by atomic mass is 10.1. The monoisotopic (exact) mass is 1180 g/mol. The summed E-state index contributed by atoms with van der Waals surface area (Å²) in [4.78, 5) is 95.9. The van der Waals surface area contributed by atoms with Gasteiger partial charge >= 0.3 is 17.9 Å². The van der Waals surface area contributed by atoms with Crippen molar-refractivity contribution in [3.8, 4) is 0 Å². The third-order valence-electron chi connectivity index (χ3n) is 12.2. The van der Waals surface area contributed by atoms with Gasteiger partial charge in [0, 0.05) is 96.3 Å². The van der Waals surface area contributed by atoms with E-state index in [0.717, 1.165) is 41.6 Å². The molecule has 3 atom stereocenters. The molecule has 0 radical (unpaired) electrons. The molecular formula is C59H60N10O11S3. The number of aromatic carboxylic acids is 1. The molecule has 0 unspecified atom stereocenters. The molecule has 10 rings (SSSR count). The first-order valence-electron chi connectivity index (χ1n) is 25.5. The van der Waals surface area contributed by atoms with E-state index in [0.29, 0.717) is 73.8 Å². The van der Waals surface area contributed by atoms with Crippen LogP contribution < -0.4 is 54.0 Å². The number of amides is 5. The number of thiophene rings is 3. The van der Waals surface area contributed by atoms with Crippen LogP contribution in [0.1, 0.15) is 80.9 Å². The molecule has 2 aliphatic heterocycles. The first kappa shape index (κ1) is 61.0. The van der Waals surface area contributed by atoms with Crippen molar-refractivity contribution in [3.63, 3.8) is 0 Å². The van der Waals surface area contributed by atoms with E-state index < -0.39 is 17.9 Å². The lowest BCUT2D eigenvalue weighted by Gasteiger charge is -2.10.